The van der Waals surface area contributed by atoms with E-state index < -0.39 is 11.9 Å². The molecule has 3 aromatic carbocycles. The largest absolute Gasteiger partial charge is 0.494 e. The fourth-order valence-electron chi connectivity index (χ4n) is 3.14. The molecule has 2 N–H and O–H groups in total. The highest BCUT2D eigenvalue weighted by molar-refractivity contribution is 9.10. The lowest BCUT2D eigenvalue weighted by atomic mass is 10.2. The minimum Gasteiger partial charge on any atom is -0.494 e. The Labute approximate surface area is 229 Å². The number of nitrogens with zero attached hydrogens (tertiary/aromatic N) is 1. The predicted octanol–water partition coefficient (Wildman–Crippen LogP) is 4.74. The summed E-state index contributed by atoms with van der Waals surface area (Å²) in [6.07, 6.45) is 3.40. The molecule has 0 atom stereocenters. The summed E-state index contributed by atoms with van der Waals surface area (Å²) < 4.78 is 17.1. The molecule has 198 valence electrons. The summed E-state index contributed by atoms with van der Waals surface area (Å²) in [6, 6.07) is 18.4. The van der Waals surface area contributed by atoms with Crippen molar-refractivity contribution in [3.63, 3.8) is 0 Å². The van der Waals surface area contributed by atoms with Crippen molar-refractivity contribution in [3.05, 3.63) is 87.9 Å². The third-order valence-electron chi connectivity index (χ3n) is 5.15. The van der Waals surface area contributed by atoms with Gasteiger partial charge in [0.05, 0.1) is 32.0 Å². The molecular formula is C28H28BrN3O6. The molecule has 0 aliphatic carbocycles. The number of esters is 1. The first-order chi connectivity index (χ1) is 18.4. The minimum absolute atomic E-state index is 0.238. The van der Waals surface area contributed by atoms with Crippen LogP contribution in [0.3, 0.4) is 0 Å². The maximum absolute atomic E-state index is 12.4. The Morgan fingerprint density at radius 1 is 0.974 bits per heavy atom. The highest BCUT2D eigenvalue weighted by Gasteiger charge is 2.13. The molecule has 0 saturated carbocycles. The monoisotopic (exact) mass is 581 g/mol. The standard InChI is InChI=1S/C28H28BrN3O6/c1-3-4-14-37-23-11-9-20(10-12-23)27(34)30-18-26(33)32-31-17-19-8-13-24(25(15-19)36-2)38-28(35)21-6-5-7-22(29)16-21/h5-13,15-17H,3-4,14,18H2,1-2H3,(H,30,34)(H,32,33). The van der Waals surface area contributed by atoms with Gasteiger partial charge in [-0.15, -0.1) is 0 Å². The van der Waals surface area contributed by atoms with Crippen LogP contribution in [-0.2, 0) is 4.79 Å². The van der Waals surface area contributed by atoms with Crippen molar-refractivity contribution in [2.75, 3.05) is 20.3 Å². The van der Waals surface area contributed by atoms with Gasteiger partial charge in [0.15, 0.2) is 11.5 Å². The third-order valence-corrected chi connectivity index (χ3v) is 5.64. The molecule has 0 fully saturated rings. The Bertz CT molecular complexity index is 1290. The van der Waals surface area contributed by atoms with E-state index in [9.17, 15) is 14.4 Å². The molecule has 0 aromatic heterocycles. The van der Waals surface area contributed by atoms with Gasteiger partial charge in [-0.3, -0.25) is 9.59 Å². The second-order valence-corrected chi connectivity index (χ2v) is 8.93. The van der Waals surface area contributed by atoms with Crippen LogP contribution in [0.5, 0.6) is 17.2 Å². The fraction of sp³-hybridized carbons (Fsp3) is 0.214. The second-order valence-electron chi connectivity index (χ2n) is 8.01. The molecule has 38 heavy (non-hydrogen) atoms. The van der Waals surface area contributed by atoms with Crippen LogP contribution in [0.4, 0.5) is 0 Å². The Balaban J connectivity index is 1.48. The highest BCUT2D eigenvalue weighted by atomic mass is 79.9. The number of carbonyl (C=O) groups is 3. The zero-order chi connectivity index (χ0) is 27.3. The van der Waals surface area contributed by atoms with E-state index in [0.717, 1.165) is 17.3 Å². The van der Waals surface area contributed by atoms with Crippen molar-refractivity contribution in [3.8, 4) is 17.2 Å². The summed E-state index contributed by atoms with van der Waals surface area (Å²) in [5.74, 6) is -0.173. The van der Waals surface area contributed by atoms with Gasteiger partial charge in [-0.05, 0) is 72.6 Å². The van der Waals surface area contributed by atoms with Crippen LogP contribution in [0.15, 0.2) is 76.3 Å². The number of hydrogen-bond acceptors (Lipinski definition) is 7. The predicted molar refractivity (Wildman–Crippen MR) is 147 cm³/mol. The lowest BCUT2D eigenvalue weighted by molar-refractivity contribution is -0.120. The van der Waals surface area contributed by atoms with E-state index in [4.69, 9.17) is 14.2 Å². The van der Waals surface area contributed by atoms with E-state index in [1.54, 1.807) is 60.7 Å². The topological polar surface area (TPSA) is 115 Å². The van der Waals surface area contributed by atoms with Crippen LogP contribution in [0.1, 0.15) is 46.0 Å². The number of hydrazone groups is 1. The van der Waals surface area contributed by atoms with E-state index in [0.29, 0.717) is 34.8 Å². The van der Waals surface area contributed by atoms with Crippen molar-refractivity contribution in [2.24, 2.45) is 5.10 Å². The molecule has 0 saturated heterocycles. The van der Waals surface area contributed by atoms with E-state index in [1.807, 2.05) is 6.07 Å². The zero-order valence-electron chi connectivity index (χ0n) is 21.0. The van der Waals surface area contributed by atoms with Crippen molar-refractivity contribution in [2.45, 2.75) is 19.8 Å². The Hall–Kier alpha value is -4.18. The van der Waals surface area contributed by atoms with Gasteiger partial charge in [-0.2, -0.15) is 5.10 Å². The molecule has 3 rings (SSSR count). The minimum atomic E-state index is -0.531. The van der Waals surface area contributed by atoms with Crippen LogP contribution < -0.4 is 25.0 Å². The molecule has 0 spiro atoms. The second kappa shape index (κ2) is 14.5. The number of rotatable bonds is 12. The number of halogens is 1. The number of benzene rings is 3. The average molecular weight is 582 g/mol. The molecular weight excluding hydrogens is 554 g/mol. The summed E-state index contributed by atoms with van der Waals surface area (Å²) in [6.45, 7) is 2.46. The summed E-state index contributed by atoms with van der Waals surface area (Å²) >= 11 is 3.32. The Morgan fingerprint density at radius 3 is 2.47 bits per heavy atom. The van der Waals surface area contributed by atoms with Gasteiger partial charge in [-0.1, -0.05) is 35.3 Å². The normalized spacial score (nSPS) is 10.6. The first-order valence-electron chi connectivity index (χ1n) is 11.9. The van der Waals surface area contributed by atoms with Crippen LogP contribution in [0.2, 0.25) is 0 Å². The number of unbranched alkanes of at least 4 members (excludes halogenated alkanes) is 1. The van der Waals surface area contributed by atoms with Crippen LogP contribution in [0.25, 0.3) is 0 Å². The Morgan fingerprint density at radius 2 is 1.76 bits per heavy atom. The van der Waals surface area contributed by atoms with E-state index in [1.165, 1.54) is 13.3 Å². The summed E-state index contributed by atoms with van der Waals surface area (Å²) in [5, 5.41) is 6.44. The van der Waals surface area contributed by atoms with Crippen molar-refractivity contribution in [1.82, 2.24) is 10.7 Å². The van der Waals surface area contributed by atoms with Crippen LogP contribution >= 0.6 is 15.9 Å². The summed E-state index contributed by atoms with van der Waals surface area (Å²) in [4.78, 5) is 36.8. The Kier molecular flexibility index (Phi) is 10.9. The summed E-state index contributed by atoms with van der Waals surface area (Å²) in [5.41, 5.74) is 3.74. The van der Waals surface area contributed by atoms with E-state index >= 15 is 0 Å². The van der Waals surface area contributed by atoms with Crippen LogP contribution in [0, 0.1) is 0 Å². The van der Waals surface area contributed by atoms with Gasteiger partial charge >= 0.3 is 5.97 Å². The van der Waals surface area contributed by atoms with Gasteiger partial charge in [0.2, 0.25) is 0 Å². The molecule has 0 aliphatic heterocycles. The maximum Gasteiger partial charge on any atom is 0.343 e. The molecule has 9 nitrogen and oxygen atoms in total. The number of methoxy groups -OCH3 is 1. The molecule has 0 aliphatic rings. The van der Waals surface area contributed by atoms with Crippen molar-refractivity contribution in [1.29, 1.82) is 0 Å². The molecule has 0 heterocycles. The molecule has 0 unspecified atom stereocenters. The summed E-state index contributed by atoms with van der Waals surface area (Å²) in [7, 11) is 1.45. The van der Waals surface area contributed by atoms with Crippen LogP contribution in [-0.4, -0.2) is 44.3 Å². The van der Waals surface area contributed by atoms with E-state index in [-0.39, 0.29) is 18.2 Å². The van der Waals surface area contributed by atoms with E-state index in [2.05, 4.69) is 38.7 Å². The number of carbonyl (C=O) groups excluding carboxylic acids is 3. The SMILES string of the molecule is CCCCOc1ccc(C(=O)NCC(=O)NN=Cc2ccc(OC(=O)c3cccc(Br)c3)c(OC)c2)cc1. The lowest BCUT2D eigenvalue weighted by Crippen LogP contribution is -2.34. The van der Waals surface area contributed by atoms with Crippen molar-refractivity contribution >= 4 is 39.9 Å². The zero-order valence-corrected chi connectivity index (χ0v) is 22.6. The number of amides is 2. The quantitative estimate of drug-likeness (QED) is 0.105. The highest BCUT2D eigenvalue weighted by Crippen LogP contribution is 2.28. The molecule has 3 aromatic rings. The van der Waals surface area contributed by atoms with Gasteiger partial charge in [-0.25, -0.2) is 10.2 Å². The van der Waals surface area contributed by atoms with Gasteiger partial charge in [0.1, 0.15) is 5.75 Å². The first kappa shape index (κ1) is 28.4. The fourth-order valence-corrected chi connectivity index (χ4v) is 3.54. The van der Waals surface area contributed by atoms with Crippen molar-refractivity contribution < 1.29 is 28.6 Å². The molecule has 10 heteroatoms. The molecule has 0 bridgehead atoms. The number of hydrogen-bond donors (Lipinski definition) is 2. The number of nitrogens with one attached hydrogen (secondary N) is 2. The number of ether oxygens (including phenoxy) is 3. The third kappa shape index (κ3) is 8.74. The van der Waals surface area contributed by atoms with Gasteiger partial charge in [0.25, 0.3) is 11.8 Å². The molecule has 2 amide bonds. The molecule has 0 radical (unpaired) electrons. The van der Waals surface area contributed by atoms with Gasteiger partial charge < -0.3 is 19.5 Å². The maximum atomic E-state index is 12.4. The average Bonchev–Trinajstić information content (AvgIpc) is 2.93. The first-order valence-corrected chi connectivity index (χ1v) is 12.7. The van der Waals surface area contributed by atoms with Gasteiger partial charge in [0, 0.05) is 10.0 Å². The smallest absolute Gasteiger partial charge is 0.343 e. The lowest BCUT2D eigenvalue weighted by Gasteiger charge is -2.10.